The number of phenolic OH excluding ortho intramolecular Hbond substituents is 8. The van der Waals surface area contributed by atoms with E-state index in [0.717, 1.165) is 6.07 Å². The lowest BCUT2D eigenvalue weighted by atomic mass is 9.81. The third-order valence-corrected chi connectivity index (χ3v) is 6.78. The molecule has 0 heterocycles. The first kappa shape index (κ1) is 25.9. The van der Waals surface area contributed by atoms with Gasteiger partial charge in [-0.25, -0.2) is 0 Å². The molecule has 0 amide bonds. The predicted molar refractivity (Wildman–Crippen MR) is 137 cm³/mol. The van der Waals surface area contributed by atoms with Gasteiger partial charge >= 0.3 is 7.48 Å². The third-order valence-electron chi connectivity index (χ3n) is 6.78. The molecule has 9 N–H and O–H groups in total. The maximum atomic E-state index is 11.3. The highest BCUT2D eigenvalue weighted by Gasteiger charge is 2.36. The van der Waals surface area contributed by atoms with Gasteiger partial charge in [-0.3, -0.25) is 0 Å². The molecule has 0 aliphatic carbocycles. The zero-order valence-corrected chi connectivity index (χ0v) is 20.4. The van der Waals surface area contributed by atoms with E-state index >= 15 is 0 Å². The van der Waals surface area contributed by atoms with Crippen LogP contribution in [0.2, 0.25) is 0 Å². The van der Waals surface area contributed by atoms with Gasteiger partial charge in [-0.15, -0.1) is 0 Å². The SMILES string of the molecule is CC(C)(O)C(C)(C)O[B]c1cccc(-c2c(O)c3c(O)c(O)c(O)c(O)c3c3c(O)c(O)c(O)cc23)c1. The Kier molecular flexibility index (Phi) is 5.89. The predicted octanol–water partition coefficient (Wildman–Crippen LogP) is 3.12. The smallest absolute Gasteiger partial charge is 0.330 e. The molecule has 0 fully saturated rings. The van der Waals surface area contributed by atoms with Gasteiger partial charge in [0.05, 0.1) is 16.6 Å². The molecule has 37 heavy (non-hydrogen) atoms. The van der Waals surface area contributed by atoms with Crippen LogP contribution in [0.3, 0.4) is 0 Å². The molecule has 0 saturated carbocycles. The zero-order valence-electron chi connectivity index (χ0n) is 20.4. The number of hydrogen-bond donors (Lipinski definition) is 9. The first-order chi connectivity index (χ1) is 17.1. The van der Waals surface area contributed by atoms with Gasteiger partial charge < -0.3 is 50.6 Å². The van der Waals surface area contributed by atoms with E-state index in [0.29, 0.717) is 11.0 Å². The number of fused-ring (bicyclic) bond motifs is 3. The fraction of sp³-hybridized carbons (Fsp3) is 0.231. The van der Waals surface area contributed by atoms with Crippen LogP contribution in [0.25, 0.3) is 32.7 Å². The number of aromatic hydroxyl groups is 8. The Balaban J connectivity index is 2.05. The normalized spacial score (nSPS) is 12.4. The van der Waals surface area contributed by atoms with Crippen LogP contribution in [-0.2, 0) is 4.65 Å². The summed E-state index contributed by atoms with van der Waals surface area (Å²) < 4.78 is 5.79. The van der Waals surface area contributed by atoms with Crippen molar-refractivity contribution in [2.75, 3.05) is 0 Å². The number of rotatable bonds is 5. The molecule has 0 unspecified atom stereocenters. The molecule has 0 bridgehead atoms. The molecule has 10 nitrogen and oxygen atoms in total. The van der Waals surface area contributed by atoms with Gasteiger partial charge in [0, 0.05) is 21.7 Å². The van der Waals surface area contributed by atoms with Crippen molar-refractivity contribution in [1.82, 2.24) is 0 Å². The van der Waals surface area contributed by atoms with E-state index in [1.54, 1.807) is 52.0 Å². The first-order valence-corrected chi connectivity index (χ1v) is 11.1. The van der Waals surface area contributed by atoms with Crippen molar-refractivity contribution < 1.29 is 50.6 Å². The molecule has 0 saturated heterocycles. The molecule has 0 spiro atoms. The van der Waals surface area contributed by atoms with Crippen molar-refractivity contribution in [2.24, 2.45) is 0 Å². The Morgan fingerprint density at radius 2 is 1.22 bits per heavy atom. The monoisotopic (exact) mass is 509 g/mol. The van der Waals surface area contributed by atoms with Crippen LogP contribution in [0.15, 0.2) is 30.3 Å². The average molecular weight is 509 g/mol. The minimum atomic E-state index is -1.18. The molecular weight excluding hydrogens is 483 g/mol. The number of phenols is 8. The Labute approximate surface area is 211 Å². The summed E-state index contributed by atoms with van der Waals surface area (Å²) in [6, 6.07) is 7.46. The van der Waals surface area contributed by atoms with E-state index in [1.165, 1.54) is 7.48 Å². The van der Waals surface area contributed by atoms with Crippen LogP contribution < -0.4 is 5.46 Å². The summed E-state index contributed by atoms with van der Waals surface area (Å²) in [5.74, 6) is -7.45. The van der Waals surface area contributed by atoms with Crippen molar-refractivity contribution in [3.63, 3.8) is 0 Å². The molecule has 4 aromatic carbocycles. The van der Waals surface area contributed by atoms with Crippen LogP contribution >= 0.6 is 0 Å². The minimum absolute atomic E-state index is 0.0510. The lowest BCUT2D eigenvalue weighted by Crippen LogP contribution is -2.49. The zero-order chi connectivity index (χ0) is 27.6. The van der Waals surface area contributed by atoms with Gasteiger partial charge in [0.2, 0.25) is 17.2 Å². The molecule has 0 aliphatic heterocycles. The Morgan fingerprint density at radius 1 is 0.649 bits per heavy atom. The summed E-state index contributed by atoms with van der Waals surface area (Å²) in [6.45, 7) is 6.59. The van der Waals surface area contributed by atoms with Gasteiger partial charge in [0.15, 0.2) is 23.0 Å². The number of hydrogen-bond acceptors (Lipinski definition) is 10. The molecule has 1 radical (unpaired) electrons. The largest absolute Gasteiger partial charge is 0.506 e. The van der Waals surface area contributed by atoms with Crippen molar-refractivity contribution in [1.29, 1.82) is 0 Å². The molecule has 4 rings (SSSR count). The van der Waals surface area contributed by atoms with Crippen LogP contribution in [0.5, 0.6) is 46.0 Å². The lowest BCUT2D eigenvalue weighted by molar-refractivity contribution is -0.0893. The van der Waals surface area contributed by atoms with Crippen LogP contribution in [0.4, 0.5) is 0 Å². The van der Waals surface area contributed by atoms with E-state index in [2.05, 4.69) is 0 Å². The van der Waals surface area contributed by atoms with Crippen LogP contribution in [0, 0.1) is 0 Å². The van der Waals surface area contributed by atoms with E-state index < -0.39 is 68.0 Å². The Morgan fingerprint density at radius 3 is 1.81 bits per heavy atom. The van der Waals surface area contributed by atoms with Gasteiger partial charge in [-0.05, 0) is 39.3 Å². The summed E-state index contributed by atoms with van der Waals surface area (Å²) in [5, 5.41) is 92.6. The van der Waals surface area contributed by atoms with Crippen molar-refractivity contribution in [3.8, 4) is 57.1 Å². The average Bonchev–Trinajstić information content (AvgIpc) is 2.82. The van der Waals surface area contributed by atoms with Gasteiger partial charge in [-0.1, -0.05) is 29.7 Å². The number of aliphatic hydroxyl groups is 1. The molecule has 0 aromatic heterocycles. The quantitative estimate of drug-likeness (QED) is 0.0836. The molecule has 11 heteroatoms. The molecule has 4 aromatic rings. The van der Waals surface area contributed by atoms with Crippen LogP contribution in [0.1, 0.15) is 27.7 Å². The fourth-order valence-electron chi connectivity index (χ4n) is 3.94. The summed E-state index contributed by atoms with van der Waals surface area (Å²) in [4.78, 5) is 0. The summed E-state index contributed by atoms with van der Waals surface area (Å²) in [5.41, 5.74) is -1.42. The highest BCUT2D eigenvalue weighted by atomic mass is 16.5. The summed E-state index contributed by atoms with van der Waals surface area (Å²) in [7, 11) is 1.40. The number of benzene rings is 4. The second kappa shape index (κ2) is 8.43. The molecule has 0 atom stereocenters. The van der Waals surface area contributed by atoms with Gasteiger partial charge in [0.25, 0.3) is 0 Å². The molecule has 193 valence electrons. The lowest BCUT2D eigenvalue weighted by Gasteiger charge is -2.37. The van der Waals surface area contributed by atoms with E-state index in [9.17, 15) is 46.0 Å². The van der Waals surface area contributed by atoms with Gasteiger partial charge in [-0.2, -0.15) is 0 Å². The van der Waals surface area contributed by atoms with E-state index in [4.69, 9.17) is 4.65 Å². The first-order valence-electron chi connectivity index (χ1n) is 11.1. The Bertz CT molecular complexity index is 1570. The summed E-state index contributed by atoms with van der Waals surface area (Å²) >= 11 is 0. The minimum Gasteiger partial charge on any atom is -0.506 e. The maximum absolute atomic E-state index is 11.3. The highest BCUT2D eigenvalue weighted by Crippen LogP contribution is 2.59. The third kappa shape index (κ3) is 3.92. The van der Waals surface area contributed by atoms with Crippen molar-refractivity contribution in [2.45, 2.75) is 38.9 Å². The van der Waals surface area contributed by atoms with Crippen molar-refractivity contribution in [3.05, 3.63) is 30.3 Å². The standard InChI is InChI=1S/C26H26BO10/c1-25(2,36)26(3,4)37-27-11-7-5-6-10(8-11)14-12-9-13(28)18(29)20(31)15(12)16-17(19(14)30)22(33)24(35)23(34)21(16)32/h5-9,28-36H,1-4H3. The van der Waals surface area contributed by atoms with Crippen LogP contribution in [-0.4, -0.2) is 64.6 Å². The van der Waals surface area contributed by atoms with Crippen molar-refractivity contribution >= 4 is 34.5 Å². The molecule has 0 aliphatic rings. The summed E-state index contributed by atoms with van der Waals surface area (Å²) in [6.07, 6.45) is 0. The maximum Gasteiger partial charge on any atom is 0.330 e. The van der Waals surface area contributed by atoms with Gasteiger partial charge in [0.1, 0.15) is 5.75 Å². The Hall–Kier alpha value is -4.22. The second-order valence-electron chi connectivity index (χ2n) is 9.81. The van der Waals surface area contributed by atoms with E-state index in [-0.39, 0.29) is 16.3 Å². The van der Waals surface area contributed by atoms with E-state index in [1.807, 2.05) is 0 Å². The topological polar surface area (TPSA) is 191 Å². The molecular formula is C26H26BO10. The highest BCUT2D eigenvalue weighted by molar-refractivity contribution is 6.47. The fourth-order valence-corrected chi connectivity index (χ4v) is 3.94. The second-order valence-corrected chi connectivity index (χ2v) is 9.81.